The molecular formula is C29H44FN3O14P2. The molecule has 1 aromatic heterocycles. The monoisotopic (exact) mass is 739 g/mol. The molecular weight excluding hydrogens is 695 g/mol. The summed E-state index contributed by atoms with van der Waals surface area (Å²) >= 11 is 0. The van der Waals surface area contributed by atoms with Gasteiger partial charge in [0.2, 0.25) is 5.43 Å². The van der Waals surface area contributed by atoms with Crippen molar-refractivity contribution in [1.82, 2.24) is 9.47 Å². The standard InChI is InChI=1S/C29H44FN3O14P2/c1-6-40-44-48(37,45-41-7-2)24(49(38,46-42-8-3)47-43-9-4)11-10-12-31-13-15-32(16-14-31)26-23(30)17-21-25-28(26)39-19-20(5)33(25)18-22(27(21)34)29(35)36/h17-18,20,24H,6-16,19H2,1-5H3,(H,35,36). The lowest BCUT2D eigenvalue weighted by molar-refractivity contribution is -0.272. The third kappa shape index (κ3) is 8.89. The van der Waals surface area contributed by atoms with Crippen LogP contribution in [0, 0.1) is 5.82 Å². The van der Waals surface area contributed by atoms with E-state index in [-0.39, 0.29) is 62.3 Å². The van der Waals surface area contributed by atoms with E-state index in [1.807, 2.05) is 11.8 Å². The average Bonchev–Trinajstić information content (AvgIpc) is 3.09. The molecule has 0 saturated carbocycles. The highest BCUT2D eigenvalue weighted by Gasteiger charge is 2.55. The number of nitrogens with zero attached hydrogens (tertiary/aromatic N) is 3. The van der Waals surface area contributed by atoms with Gasteiger partial charge in [-0.2, -0.15) is 0 Å². The van der Waals surface area contributed by atoms with Crippen molar-refractivity contribution in [2.24, 2.45) is 0 Å². The number of hydrogen-bond donors (Lipinski definition) is 1. The van der Waals surface area contributed by atoms with Crippen molar-refractivity contribution in [2.45, 2.75) is 58.9 Å². The molecule has 1 unspecified atom stereocenters. The molecule has 0 bridgehead atoms. The first-order valence-corrected chi connectivity index (χ1v) is 19.4. The van der Waals surface area contributed by atoms with Gasteiger partial charge in [0.05, 0.1) is 43.4 Å². The quantitative estimate of drug-likeness (QED) is 0.105. The van der Waals surface area contributed by atoms with Crippen LogP contribution in [-0.2, 0) is 47.4 Å². The van der Waals surface area contributed by atoms with Crippen LogP contribution in [0.1, 0.15) is 63.9 Å². The minimum absolute atomic E-state index is 0.00951. The Morgan fingerprint density at radius 1 is 0.959 bits per heavy atom. The van der Waals surface area contributed by atoms with Gasteiger partial charge in [-0.05, 0) is 60.1 Å². The summed E-state index contributed by atoms with van der Waals surface area (Å²) in [5.74, 6) is -1.89. The van der Waals surface area contributed by atoms with Gasteiger partial charge in [-0.15, -0.1) is 18.7 Å². The van der Waals surface area contributed by atoms with Crippen LogP contribution in [0.25, 0.3) is 10.9 Å². The molecule has 1 aromatic carbocycles. The van der Waals surface area contributed by atoms with E-state index in [1.165, 1.54) is 6.20 Å². The third-order valence-electron chi connectivity index (χ3n) is 7.83. The van der Waals surface area contributed by atoms with Crippen LogP contribution in [0.3, 0.4) is 0 Å². The Hall–Kier alpha value is -2.47. The minimum Gasteiger partial charge on any atom is -0.487 e. The number of aromatic carboxylic acids is 1. The zero-order valence-corrected chi connectivity index (χ0v) is 30.0. The van der Waals surface area contributed by atoms with Crippen LogP contribution in [0.15, 0.2) is 17.1 Å². The lowest BCUT2D eigenvalue weighted by atomic mass is 10.1. The smallest absolute Gasteiger partial charge is 0.399 e. The molecule has 0 amide bonds. The van der Waals surface area contributed by atoms with E-state index in [1.54, 1.807) is 32.3 Å². The number of ether oxygens (including phenoxy) is 1. The second-order valence-corrected chi connectivity index (χ2v) is 15.5. The van der Waals surface area contributed by atoms with Gasteiger partial charge in [-0.25, -0.2) is 28.7 Å². The van der Waals surface area contributed by atoms with Gasteiger partial charge >= 0.3 is 21.2 Å². The van der Waals surface area contributed by atoms with Crippen LogP contribution in [0.2, 0.25) is 0 Å². The van der Waals surface area contributed by atoms with Gasteiger partial charge < -0.3 is 19.3 Å². The molecule has 3 heterocycles. The first-order chi connectivity index (χ1) is 23.4. The molecule has 0 spiro atoms. The molecule has 1 saturated heterocycles. The van der Waals surface area contributed by atoms with Crippen molar-refractivity contribution in [1.29, 1.82) is 0 Å². The van der Waals surface area contributed by atoms with E-state index >= 15 is 4.39 Å². The van der Waals surface area contributed by atoms with E-state index in [9.17, 15) is 23.8 Å². The second-order valence-electron chi connectivity index (χ2n) is 11.1. The maximum atomic E-state index is 15.7. The number of carboxylic acid groups (broad SMARTS) is 1. The normalized spacial score (nSPS) is 17.2. The lowest BCUT2D eigenvalue weighted by Crippen LogP contribution is -2.47. The number of hydrogen-bond acceptors (Lipinski definition) is 15. The number of piperazine rings is 1. The number of anilines is 1. The molecule has 1 fully saturated rings. The number of rotatable bonds is 20. The highest BCUT2D eigenvalue weighted by Crippen LogP contribution is 2.72. The molecule has 49 heavy (non-hydrogen) atoms. The summed E-state index contributed by atoms with van der Waals surface area (Å²) in [6.07, 6.45) is 1.50. The maximum Gasteiger partial charge on any atom is 0.399 e. The van der Waals surface area contributed by atoms with E-state index in [0.717, 1.165) is 6.07 Å². The van der Waals surface area contributed by atoms with Crippen LogP contribution >= 0.6 is 15.2 Å². The molecule has 17 nitrogen and oxygen atoms in total. The number of carboxylic acids is 1. The van der Waals surface area contributed by atoms with Crippen molar-refractivity contribution in [3.8, 4) is 5.75 Å². The Balaban J connectivity index is 1.52. The predicted octanol–water partition coefficient (Wildman–Crippen LogP) is 5.28. The summed E-state index contributed by atoms with van der Waals surface area (Å²) < 4.78 is 71.7. The minimum atomic E-state index is -4.49. The zero-order valence-electron chi connectivity index (χ0n) is 28.2. The van der Waals surface area contributed by atoms with Crippen molar-refractivity contribution in [2.75, 3.05) is 70.7 Å². The predicted molar refractivity (Wildman–Crippen MR) is 173 cm³/mol. The molecule has 1 atom stereocenters. The highest BCUT2D eigenvalue weighted by molar-refractivity contribution is 7.72. The number of pyridine rings is 1. The summed E-state index contributed by atoms with van der Waals surface area (Å²) in [6.45, 7) is 10.5. The first kappa shape index (κ1) is 39.3. The Bertz CT molecular complexity index is 1540. The van der Waals surface area contributed by atoms with Gasteiger partial charge in [0, 0.05) is 32.4 Å². The SMILES string of the molecule is CCOOP(=O)(OOCC)C(CCCN1CCN(c2c(F)cc3c(=O)c(C(=O)O)cn4c3c2OCC4C)CC1)P(=O)(OOCC)OOCC. The summed E-state index contributed by atoms with van der Waals surface area (Å²) in [5, 5.41) is 7.92. The Kier molecular flexibility index (Phi) is 14.2. The Labute approximate surface area is 282 Å². The van der Waals surface area contributed by atoms with Crippen LogP contribution < -0.4 is 15.1 Å². The summed E-state index contributed by atoms with van der Waals surface area (Å²) in [6, 6.07) is 0.793. The fourth-order valence-corrected chi connectivity index (χ4v) is 9.87. The topological polar surface area (TPSA) is 183 Å². The van der Waals surface area contributed by atoms with Gasteiger partial charge in [-0.1, -0.05) is 0 Å². The van der Waals surface area contributed by atoms with E-state index in [2.05, 4.69) is 4.90 Å². The third-order valence-corrected chi connectivity index (χ3v) is 12.8. The Morgan fingerprint density at radius 3 is 1.98 bits per heavy atom. The van der Waals surface area contributed by atoms with Crippen LogP contribution in [-0.4, -0.2) is 91.7 Å². The first-order valence-electron chi connectivity index (χ1n) is 16.1. The number of halogens is 1. The van der Waals surface area contributed by atoms with Crippen molar-refractivity contribution in [3.63, 3.8) is 0 Å². The zero-order chi connectivity index (χ0) is 35.8. The second kappa shape index (κ2) is 17.6. The molecule has 4 rings (SSSR count). The fraction of sp³-hybridized carbons (Fsp3) is 0.655. The van der Waals surface area contributed by atoms with E-state index in [0.29, 0.717) is 44.7 Å². The maximum absolute atomic E-state index is 15.7. The molecule has 2 aliphatic heterocycles. The van der Waals surface area contributed by atoms with Gasteiger partial charge in [-0.3, -0.25) is 18.8 Å². The fourth-order valence-electron chi connectivity index (χ4n) is 5.57. The van der Waals surface area contributed by atoms with Gasteiger partial charge in [0.1, 0.15) is 17.9 Å². The van der Waals surface area contributed by atoms with Crippen LogP contribution in [0.4, 0.5) is 10.1 Å². The molecule has 276 valence electrons. The average molecular weight is 740 g/mol. The van der Waals surface area contributed by atoms with Gasteiger partial charge in [0.15, 0.2) is 17.0 Å². The number of aromatic nitrogens is 1. The molecule has 20 heteroatoms. The van der Waals surface area contributed by atoms with Crippen molar-refractivity contribution in [3.05, 3.63) is 33.9 Å². The Morgan fingerprint density at radius 2 is 1.49 bits per heavy atom. The molecule has 2 aliphatic rings. The van der Waals surface area contributed by atoms with Crippen molar-refractivity contribution < 1.29 is 66.4 Å². The highest BCUT2D eigenvalue weighted by atomic mass is 31.2. The van der Waals surface area contributed by atoms with Crippen LogP contribution in [0.5, 0.6) is 5.75 Å². The summed E-state index contributed by atoms with van der Waals surface area (Å²) in [5.41, 5.74) is -0.679. The molecule has 0 aliphatic carbocycles. The molecule has 2 aromatic rings. The largest absolute Gasteiger partial charge is 0.487 e. The lowest BCUT2D eigenvalue weighted by Gasteiger charge is -2.38. The molecule has 1 N–H and O–H groups in total. The van der Waals surface area contributed by atoms with Crippen molar-refractivity contribution >= 4 is 37.8 Å². The van der Waals surface area contributed by atoms with E-state index < -0.39 is 43.4 Å². The molecule has 0 radical (unpaired) electrons. The van der Waals surface area contributed by atoms with Gasteiger partial charge in [0.25, 0.3) is 0 Å². The summed E-state index contributed by atoms with van der Waals surface area (Å²) in [7, 11) is -8.98. The number of carbonyl (C=O) groups is 1. The van der Waals surface area contributed by atoms with E-state index in [4.69, 9.17) is 43.0 Å². The summed E-state index contributed by atoms with van der Waals surface area (Å²) in [4.78, 5) is 48.3. The number of benzene rings is 1.